The molecule has 1 saturated heterocycles. The van der Waals surface area contributed by atoms with E-state index in [0.717, 1.165) is 19.5 Å². The number of carbonyl (C=O) groups is 1. The molecule has 0 aromatic heterocycles. The van der Waals surface area contributed by atoms with Crippen LogP contribution in [0.5, 0.6) is 5.75 Å². The Kier molecular flexibility index (Phi) is 7.47. The minimum absolute atomic E-state index is 0. The molecular weight excluding hydrogens is 295 g/mol. The fraction of sp³-hybridized carbons (Fsp3) is 0.533. The Bertz CT molecular complexity index is 442. The minimum Gasteiger partial charge on any atom is -0.494 e. The first kappa shape index (κ1) is 17.7. The molecule has 1 atom stereocenters. The van der Waals surface area contributed by atoms with Crippen LogP contribution in [0.1, 0.15) is 19.3 Å². The molecule has 4 nitrogen and oxygen atoms in total. The number of carbonyl (C=O) groups excluding carboxylic acids is 1. The van der Waals surface area contributed by atoms with Crippen molar-refractivity contribution in [2.45, 2.75) is 19.3 Å². The van der Waals surface area contributed by atoms with E-state index in [1.54, 1.807) is 12.1 Å². The second-order valence-corrected chi connectivity index (χ2v) is 5.14. The van der Waals surface area contributed by atoms with Crippen LogP contribution in [0.2, 0.25) is 0 Å². The van der Waals surface area contributed by atoms with E-state index in [9.17, 15) is 9.18 Å². The van der Waals surface area contributed by atoms with E-state index in [0.29, 0.717) is 37.7 Å². The van der Waals surface area contributed by atoms with E-state index in [1.807, 2.05) is 4.90 Å². The molecule has 6 heteroatoms. The van der Waals surface area contributed by atoms with Gasteiger partial charge in [0.1, 0.15) is 11.6 Å². The molecule has 1 amide bonds. The second-order valence-electron chi connectivity index (χ2n) is 5.14. The Morgan fingerprint density at radius 1 is 1.38 bits per heavy atom. The number of halogens is 2. The molecule has 0 aliphatic carbocycles. The highest BCUT2D eigenvalue weighted by atomic mass is 35.5. The normalized spacial score (nSPS) is 17.4. The molecule has 0 bridgehead atoms. The van der Waals surface area contributed by atoms with E-state index in [2.05, 4.69) is 0 Å². The van der Waals surface area contributed by atoms with Crippen molar-refractivity contribution < 1.29 is 13.9 Å². The molecule has 0 spiro atoms. The fourth-order valence-electron chi connectivity index (χ4n) is 2.35. The average molecular weight is 317 g/mol. The summed E-state index contributed by atoms with van der Waals surface area (Å²) in [6, 6.07) is 5.89. The van der Waals surface area contributed by atoms with Crippen LogP contribution in [-0.4, -0.2) is 37.0 Å². The summed E-state index contributed by atoms with van der Waals surface area (Å²) in [5.74, 6) is 0.970. The predicted octanol–water partition coefficient (Wildman–Crippen LogP) is 2.21. The number of nitrogens with two attached hydrogens (primary N) is 1. The van der Waals surface area contributed by atoms with Crippen LogP contribution in [0.25, 0.3) is 0 Å². The maximum Gasteiger partial charge on any atom is 0.222 e. The maximum atomic E-state index is 12.7. The van der Waals surface area contributed by atoms with Gasteiger partial charge in [0.2, 0.25) is 5.91 Å². The summed E-state index contributed by atoms with van der Waals surface area (Å²) in [6.45, 7) is 2.72. The van der Waals surface area contributed by atoms with Crippen molar-refractivity contribution in [1.29, 1.82) is 0 Å². The van der Waals surface area contributed by atoms with Gasteiger partial charge in [-0.25, -0.2) is 4.39 Å². The van der Waals surface area contributed by atoms with Gasteiger partial charge in [-0.1, -0.05) is 0 Å². The molecule has 0 radical (unpaired) electrons. The quantitative estimate of drug-likeness (QED) is 0.819. The van der Waals surface area contributed by atoms with Gasteiger partial charge in [-0.15, -0.1) is 12.4 Å². The highest BCUT2D eigenvalue weighted by Crippen LogP contribution is 2.16. The van der Waals surface area contributed by atoms with E-state index in [1.165, 1.54) is 12.1 Å². The van der Waals surface area contributed by atoms with Crippen molar-refractivity contribution >= 4 is 18.3 Å². The fourth-order valence-corrected chi connectivity index (χ4v) is 2.35. The molecule has 118 valence electrons. The first-order valence-corrected chi connectivity index (χ1v) is 7.05. The Morgan fingerprint density at radius 3 is 2.71 bits per heavy atom. The van der Waals surface area contributed by atoms with Crippen LogP contribution in [0.15, 0.2) is 24.3 Å². The summed E-state index contributed by atoms with van der Waals surface area (Å²) in [4.78, 5) is 13.8. The molecule has 1 unspecified atom stereocenters. The predicted molar refractivity (Wildman–Crippen MR) is 82.1 cm³/mol. The number of likely N-dealkylation sites (tertiary alicyclic amines) is 1. The van der Waals surface area contributed by atoms with Crippen LogP contribution in [0, 0.1) is 11.7 Å². The third-order valence-corrected chi connectivity index (χ3v) is 3.59. The zero-order valence-corrected chi connectivity index (χ0v) is 12.8. The van der Waals surface area contributed by atoms with Crippen molar-refractivity contribution in [3.63, 3.8) is 0 Å². The minimum atomic E-state index is -0.281. The molecule has 21 heavy (non-hydrogen) atoms. The van der Waals surface area contributed by atoms with Gasteiger partial charge in [-0.05, 0) is 49.6 Å². The molecule has 2 rings (SSSR count). The molecule has 0 saturated carbocycles. The maximum absolute atomic E-state index is 12.7. The Morgan fingerprint density at radius 2 is 2.10 bits per heavy atom. The van der Waals surface area contributed by atoms with E-state index in [4.69, 9.17) is 10.5 Å². The highest BCUT2D eigenvalue weighted by Gasteiger charge is 2.24. The second kappa shape index (κ2) is 8.85. The van der Waals surface area contributed by atoms with Crippen molar-refractivity contribution in [3.8, 4) is 5.75 Å². The van der Waals surface area contributed by atoms with Crippen molar-refractivity contribution in [1.82, 2.24) is 4.90 Å². The molecule has 1 aliphatic rings. The number of nitrogens with zero attached hydrogens (tertiary/aromatic N) is 1. The largest absolute Gasteiger partial charge is 0.494 e. The number of ether oxygens (including phenoxy) is 1. The van der Waals surface area contributed by atoms with Crippen LogP contribution in [0.3, 0.4) is 0 Å². The topological polar surface area (TPSA) is 55.6 Å². The summed E-state index contributed by atoms with van der Waals surface area (Å²) in [5, 5.41) is 0. The summed E-state index contributed by atoms with van der Waals surface area (Å²) >= 11 is 0. The summed E-state index contributed by atoms with van der Waals surface area (Å²) < 4.78 is 18.2. The Labute approximate surface area is 130 Å². The summed E-state index contributed by atoms with van der Waals surface area (Å²) in [6.07, 6.45) is 2.16. The standard InChI is InChI=1S/C15H21FN2O2.ClH/c16-13-3-5-14(6-4-13)20-9-1-2-15(19)18-8-7-12(10-17)11-18;/h3-6,12H,1-2,7-11,17H2;1H. The summed E-state index contributed by atoms with van der Waals surface area (Å²) in [5.41, 5.74) is 5.61. The first-order valence-electron chi connectivity index (χ1n) is 7.05. The lowest BCUT2D eigenvalue weighted by Gasteiger charge is -2.16. The zero-order chi connectivity index (χ0) is 14.4. The lowest BCUT2D eigenvalue weighted by atomic mass is 10.1. The lowest BCUT2D eigenvalue weighted by molar-refractivity contribution is -0.130. The Hall–Kier alpha value is -1.33. The zero-order valence-electron chi connectivity index (χ0n) is 12.0. The van der Waals surface area contributed by atoms with E-state index >= 15 is 0 Å². The molecule has 1 aromatic rings. The monoisotopic (exact) mass is 316 g/mol. The van der Waals surface area contributed by atoms with Gasteiger partial charge in [0.15, 0.2) is 0 Å². The number of benzene rings is 1. The Balaban J connectivity index is 0.00000220. The molecule has 1 aliphatic heterocycles. The van der Waals surface area contributed by atoms with Crippen molar-refractivity contribution in [3.05, 3.63) is 30.1 Å². The van der Waals surface area contributed by atoms with Crippen LogP contribution >= 0.6 is 12.4 Å². The van der Waals surface area contributed by atoms with Gasteiger partial charge in [-0.3, -0.25) is 4.79 Å². The number of amides is 1. The number of hydrogen-bond donors (Lipinski definition) is 1. The van der Waals surface area contributed by atoms with Crippen LogP contribution in [-0.2, 0) is 4.79 Å². The van der Waals surface area contributed by atoms with Crippen LogP contribution in [0.4, 0.5) is 4.39 Å². The van der Waals surface area contributed by atoms with E-state index < -0.39 is 0 Å². The third kappa shape index (κ3) is 5.52. The van der Waals surface area contributed by atoms with Gasteiger partial charge in [0, 0.05) is 19.5 Å². The van der Waals surface area contributed by atoms with Gasteiger partial charge in [0.25, 0.3) is 0 Å². The molecule has 1 aromatic carbocycles. The lowest BCUT2D eigenvalue weighted by Crippen LogP contribution is -2.29. The van der Waals surface area contributed by atoms with Gasteiger partial charge in [-0.2, -0.15) is 0 Å². The summed E-state index contributed by atoms with van der Waals surface area (Å²) in [7, 11) is 0. The number of rotatable bonds is 6. The van der Waals surface area contributed by atoms with Gasteiger partial charge < -0.3 is 15.4 Å². The molecule has 1 fully saturated rings. The SMILES string of the molecule is Cl.NCC1CCN(C(=O)CCCOc2ccc(F)cc2)C1. The first-order chi connectivity index (χ1) is 9.69. The molecular formula is C15H22ClFN2O2. The van der Waals surface area contributed by atoms with Gasteiger partial charge >= 0.3 is 0 Å². The number of hydrogen-bond acceptors (Lipinski definition) is 3. The van der Waals surface area contributed by atoms with Gasteiger partial charge in [0.05, 0.1) is 6.61 Å². The van der Waals surface area contributed by atoms with E-state index in [-0.39, 0.29) is 24.1 Å². The molecule has 2 N–H and O–H groups in total. The van der Waals surface area contributed by atoms with Crippen molar-refractivity contribution in [2.24, 2.45) is 11.7 Å². The smallest absolute Gasteiger partial charge is 0.222 e. The third-order valence-electron chi connectivity index (χ3n) is 3.59. The van der Waals surface area contributed by atoms with Crippen molar-refractivity contribution in [2.75, 3.05) is 26.2 Å². The molecule has 1 heterocycles. The average Bonchev–Trinajstić information content (AvgIpc) is 2.94. The highest BCUT2D eigenvalue weighted by molar-refractivity contribution is 5.85. The van der Waals surface area contributed by atoms with Crippen LogP contribution < -0.4 is 10.5 Å².